The second-order valence-electron chi connectivity index (χ2n) is 8.85. The maximum absolute atomic E-state index is 13.3. The minimum absolute atomic E-state index is 0.0241. The summed E-state index contributed by atoms with van der Waals surface area (Å²) in [6.07, 6.45) is 4.15. The van der Waals surface area contributed by atoms with Crippen molar-refractivity contribution in [3.63, 3.8) is 0 Å². The summed E-state index contributed by atoms with van der Waals surface area (Å²) in [5.74, 6) is -3.75. The molecular formula is C22H35N7O6. The molecule has 2 heterocycles. The Balaban J connectivity index is 2.23. The fourth-order valence-electron chi connectivity index (χ4n) is 3.91. The van der Waals surface area contributed by atoms with E-state index in [1.807, 2.05) is 6.92 Å². The molecule has 5 unspecified atom stereocenters. The van der Waals surface area contributed by atoms with Crippen molar-refractivity contribution in [1.82, 2.24) is 25.5 Å². The fraction of sp³-hybridized carbons (Fsp3) is 0.636. The summed E-state index contributed by atoms with van der Waals surface area (Å²) >= 11 is 0. The van der Waals surface area contributed by atoms with Crippen LogP contribution in [0.25, 0.3) is 0 Å². The molecule has 1 aromatic heterocycles. The minimum Gasteiger partial charge on any atom is -0.480 e. The first-order valence-electron chi connectivity index (χ1n) is 11.7. The SMILES string of the molecule is CCC(C)C(N)C(=O)NC(CCC(N)=O)C(=O)NC(Cc1cnc[nH]1)C(=O)N1CCCC1C(=O)O. The van der Waals surface area contributed by atoms with Gasteiger partial charge in [0.15, 0.2) is 0 Å². The number of aliphatic carboxylic acids is 1. The standard InChI is InChI=1S/C22H35N7O6/c1-3-12(2)18(24)20(32)27-14(6-7-17(23)30)19(31)28-15(9-13-10-25-11-26-13)21(33)29-8-4-5-16(29)22(34)35/h10-12,14-16,18H,3-9,24H2,1-2H3,(H2,23,30)(H,25,26)(H,27,32)(H,28,31)(H,34,35). The molecule has 0 aromatic carbocycles. The third-order valence-electron chi connectivity index (χ3n) is 6.29. The number of carboxylic acid groups (broad SMARTS) is 1. The van der Waals surface area contributed by atoms with Gasteiger partial charge in [0, 0.05) is 31.3 Å². The minimum atomic E-state index is -1.17. The molecule has 1 aliphatic rings. The van der Waals surface area contributed by atoms with Crippen LogP contribution in [0, 0.1) is 5.92 Å². The number of nitrogens with zero attached hydrogens (tertiary/aromatic N) is 2. The van der Waals surface area contributed by atoms with Crippen molar-refractivity contribution in [3.05, 3.63) is 18.2 Å². The summed E-state index contributed by atoms with van der Waals surface area (Å²) in [5, 5.41) is 14.7. The monoisotopic (exact) mass is 493 g/mol. The number of carbonyl (C=O) groups is 5. The van der Waals surface area contributed by atoms with Gasteiger partial charge in [-0.1, -0.05) is 20.3 Å². The number of aromatic nitrogens is 2. The van der Waals surface area contributed by atoms with E-state index < -0.39 is 53.8 Å². The van der Waals surface area contributed by atoms with Crippen LogP contribution < -0.4 is 22.1 Å². The number of imidazole rings is 1. The second kappa shape index (κ2) is 12.8. The molecule has 0 aliphatic carbocycles. The van der Waals surface area contributed by atoms with E-state index in [0.29, 0.717) is 25.0 Å². The zero-order valence-corrected chi connectivity index (χ0v) is 20.0. The second-order valence-corrected chi connectivity index (χ2v) is 8.85. The van der Waals surface area contributed by atoms with Gasteiger partial charge in [0.2, 0.25) is 23.6 Å². The number of hydrogen-bond acceptors (Lipinski definition) is 7. The smallest absolute Gasteiger partial charge is 0.326 e. The fourth-order valence-corrected chi connectivity index (χ4v) is 3.91. The molecule has 35 heavy (non-hydrogen) atoms. The largest absolute Gasteiger partial charge is 0.480 e. The normalized spacial score (nSPS) is 18.8. The molecule has 2 rings (SSSR count). The lowest BCUT2D eigenvalue weighted by atomic mass is 9.98. The lowest BCUT2D eigenvalue weighted by Gasteiger charge is -2.29. The first-order valence-corrected chi connectivity index (χ1v) is 11.7. The molecule has 13 heteroatoms. The van der Waals surface area contributed by atoms with Crippen molar-refractivity contribution >= 4 is 29.6 Å². The number of likely N-dealkylation sites (tertiary alicyclic amines) is 1. The molecule has 0 saturated carbocycles. The van der Waals surface area contributed by atoms with Crippen molar-refractivity contribution in [2.24, 2.45) is 17.4 Å². The van der Waals surface area contributed by atoms with E-state index in [4.69, 9.17) is 11.5 Å². The van der Waals surface area contributed by atoms with Gasteiger partial charge in [-0.3, -0.25) is 19.2 Å². The Hall–Kier alpha value is -3.48. The zero-order valence-electron chi connectivity index (χ0n) is 20.0. The number of H-pyrrole nitrogens is 1. The number of nitrogens with two attached hydrogens (primary N) is 2. The Morgan fingerprint density at radius 1 is 1.23 bits per heavy atom. The Morgan fingerprint density at radius 3 is 2.49 bits per heavy atom. The van der Waals surface area contributed by atoms with Gasteiger partial charge < -0.3 is 37.1 Å². The van der Waals surface area contributed by atoms with Gasteiger partial charge in [0.1, 0.15) is 18.1 Å². The van der Waals surface area contributed by atoms with Crippen LogP contribution >= 0.6 is 0 Å². The Kier molecular flexibility index (Phi) is 10.2. The number of hydrogen-bond donors (Lipinski definition) is 6. The molecule has 4 amide bonds. The van der Waals surface area contributed by atoms with Crippen LogP contribution in [-0.4, -0.2) is 80.3 Å². The number of rotatable bonds is 13. The van der Waals surface area contributed by atoms with Gasteiger partial charge in [-0.05, 0) is 25.2 Å². The van der Waals surface area contributed by atoms with Crippen molar-refractivity contribution in [3.8, 4) is 0 Å². The van der Waals surface area contributed by atoms with Gasteiger partial charge in [0.05, 0.1) is 12.4 Å². The Labute approximate surface area is 203 Å². The maximum atomic E-state index is 13.3. The first-order chi connectivity index (χ1) is 16.5. The third kappa shape index (κ3) is 7.77. The van der Waals surface area contributed by atoms with Crippen molar-refractivity contribution in [1.29, 1.82) is 0 Å². The molecule has 194 valence electrons. The van der Waals surface area contributed by atoms with Crippen LogP contribution in [0.5, 0.6) is 0 Å². The van der Waals surface area contributed by atoms with Gasteiger partial charge in [-0.15, -0.1) is 0 Å². The molecule has 1 aromatic rings. The number of primary amides is 1. The highest BCUT2D eigenvalue weighted by Gasteiger charge is 2.38. The van der Waals surface area contributed by atoms with Crippen LogP contribution in [0.2, 0.25) is 0 Å². The summed E-state index contributed by atoms with van der Waals surface area (Å²) in [7, 11) is 0. The summed E-state index contributed by atoms with van der Waals surface area (Å²) in [5.41, 5.74) is 11.8. The maximum Gasteiger partial charge on any atom is 0.326 e. The van der Waals surface area contributed by atoms with Gasteiger partial charge in [0.25, 0.3) is 0 Å². The first kappa shape index (κ1) is 27.8. The molecular weight excluding hydrogens is 458 g/mol. The molecule has 1 fully saturated rings. The highest BCUT2D eigenvalue weighted by Crippen LogP contribution is 2.19. The highest BCUT2D eigenvalue weighted by molar-refractivity contribution is 5.94. The lowest BCUT2D eigenvalue weighted by molar-refractivity contribution is -0.149. The molecule has 5 atom stereocenters. The molecule has 13 nitrogen and oxygen atoms in total. The number of nitrogens with one attached hydrogen (secondary N) is 3. The van der Waals surface area contributed by atoms with Crippen LogP contribution in [0.15, 0.2) is 12.5 Å². The average Bonchev–Trinajstić information content (AvgIpc) is 3.51. The van der Waals surface area contributed by atoms with Crippen LogP contribution in [-0.2, 0) is 30.4 Å². The van der Waals surface area contributed by atoms with Gasteiger partial charge in [-0.25, -0.2) is 9.78 Å². The summed E-state index contributed by atoms with van der Waals surface area (Å²) < 4.78 is 0. The van der Waals surface area contributed by atoms with Gasteiger partial charge in [-0.2, -0.15) is 0 Å². The Morgan fingerprint density at radius 2 is 1.91 bits per heavy atom. The van der Waals surface area contributed by atoms with Crippen LogP contribution in [0.4, 0.5) is 0 Å². The van der Waals surface area contributed by atoms with Crippen molar-refractivity contribution in [2.75, 3.05) is 6.54 Å². The number of amides is 4. The molecule has 1 aliphatic heterocycles. The van der Waals surface area contributed by atoms with E-state index in [-0.39, 0.29) is 31.7 Å². The summed E-state index contributed by atoms with van der Waals surface area (Å²) in [6.45, 7) is 3.93. The number of aromatic amines is 1. The quantitative estimate of drug-likeness (QED) is 0.192. The number of carboxylic acids is 1. The molecule has 1 saturated heterocycles. The van der Waals surface area contributed by atoms with E-state index >= 15 is 0 Å². The van der Waals surface area contributed by atoms with Crippen molar-refractivity contribution in [2.45, 2.75) is 76.5 Å². The van der Waals surface area contributed by atoms with Crippen LogP contribution in [0.3, 0.4) is 0 Å². The molecule has 0 radical (unpaired) electrons. The van der Waals surface area contributed by atoms with E-state index in [1.54, 1.807) is 6.92 Å². The predicted molar refractivity (Wildman–Crippen MR) is 124 cm³/mol. The highest BCUT2D eigenvalue weighted by atomic mass is 16.4. The summed E-state index contributed by atoms with van der Waals surface area (Å²) in [6, 6.07) is -4.15. The molecule has 0 spiro atoms. The third-order valence-corrected chi connectivity index (χ3v) is 6.29. The van der Waals surface area contributed by atoms with Crippen molar-refractivity contribution < 1.29 is 29.1 Å². The van der Waals surface area contributed by atoms with Gasteiger partial charge >= 0.3 is 5.97 Å². The Bertz CT molecular complexity index is 906. The van der Waals surface area contributed by atoms with Crippen LogP contribution in [0.1, 0.15) is 51.6 Å². The molecule has 8 N–H and O–H groups in total. The number of carbonyl (C=O) groups excluding carboxylic acids is 4. The van der Waals surface area contributed by atoms with E-state index in [1.165, 1.54) is 17.4 Å². The average molecular weight is 494 g/mol. The zero-order chi connectivity index (χ0) is 26.1. The lowest BCUT2D eigenvalue weighted by Crippen LogP contribution is -2.58. The summed E-state index contributed by atoms with van der Waals surface area (Å²) in [4.78, 5) is 70.1. The van der Waals surface area contributed by atoms with E-state index in [0.717, 1.165) is 0 Å². The molecule has 0 bridgehead atoms. The topological polar surface area (TPSA) is 214 Å². The van der Waals surface area contributed by atoms with E-state index in [9.17, 15) is 29.1 Å². The van der Waals surface area contributed by atoms with E-state index in [2.05, 4.69) is 20.6 Å². The predicted octanol–water partition coefficient (Wildman–Crippen LogP) is -1.36.